The first-order valence-electron chi connectivity index (χ1n) is 10.2. The second-order valence-corrected chi connectivity index (χ2v) is 9.94. The number of aromatic carboxylic acids is 1. The van der Waals surface area contributed by atoms with Crippen LogP contribution >= 0.6 is 45.9 Å². The number of carbonyl (C=O) groups is 3. The number of nitrogens with two attached hydrogens (primary N) is 1. The zero-order valence-corrected chi connectivity index (χ0v) is 22.1. The molecule has 37 heavy (non-hydrogen) atoms. The van der Waals surface area contributed by atoms with Crippen LogP contribution in [0.15, 0.2) is 65.3 Å². The summed E-state index contributed by atoms with van der Waals surface area (Å²) in [5.74, 6) is -2.03. The topological polar surface area (TPSA) is 155 Å². The number of benzene rings is 1. The van der Waals surface area contributed by atoms with E-state index in [-0.39, 0.29) is 15.5 Å². The Morgan fingerprint density at radius 1 is 1.03 bits per heavy atom. The van der Waals surface area contributed by atoms with E-state index in [4.69, 9.17) is 34.0 Å². The van der Waals surface area contributed by atoms with Crippen LogP contribution in [-0.4, -0.2) is 38.7 Å². The summed E-state index contributed by atoms with van der Waals surface area (Å²) in [7, 11) is 0. The predicted molar refractivity (Wildman–Crippen MR) is 145 cm³/mol. The number of aromatic nitrogens is 1. The smallest absolute Gasteiger partial charge is 0.345 e. The van der Waals surface area contributed by atoms with Crippen LogP contribution in [-0.2, 0) is 0 Å². The van der Waals surface area contributed by atoms with Crippen LogP contribution in [0.1, 0.15) is 42.2 Å². The standard InChI is InChI=1S/C18H12Cl2N2O4S2.C6H6N2O/c1-8(21-22-17(24)13-4-5-14(28-13)18(25)26)10-7-27-16(15(10)23)9-2-3-11(19)12(20)6-9;7-6(9)5-1-3-8-4-2-5/h2-7,23H,1H3,(H,22,24)(H,25,26);1-4H,(H2,7,9). The molecule has 0 aliphatic rings. The summed E-state index contributed by atoms with van der Waals surface area (Å²) in [4.78, 5) is 38.0. The molecule has 0 unspecified atom stereocenters. The molecule has 3 aromatic heterocycles. The van der Waals surface area contributed by atoms with E-state index in [2.05, 4.69) is 15.5 Å². The lowest BCUT2D eigenvalue weighted by Crippen LogP contribution is -2.18. The molecule has 0 aliphatic heterocycles. The van der Waals surface area contributed by atoms with Gasteiger partial charge in [-0.1, -0.05) is 29.3 Å². The fourth-order valence-corrected chi connectivity index (χ4v) is 4.83. The van der Waals surface area contributed by atoms with E-state index in [9.17, 15) is 19.5 Å². The van der Waals surface area contributed by atoms with Crippen LogP contribution in [0.2, 0.25) is 10.0 Å². The highest BCUT2D eigenvalue weighted by molar-refractivity contribution is 7.15. The number of carboxylic acid groups (broad SMARTS) is 1. The van der Waals surface area contributed by atoms with Gasteiger partial charge in [0.1, 0.15) is 10.6 Å². The average Bonchev–Trinajstić information content (AvgIpc) is 3.53. The molecule has 0 radical (unpaired) electrons. The number of pyridine rings is 1. The highest BCUT2D eigenvalue weighted by atomic mass is 35.5. The van der Waals surface area contributed by atoms with Gasteiger partial charge in [0, 0.05) is 23.3 Å². The van der Waals surface area contributed by atoms with Crippen molar-refractivity contribution >= 4 is 69.4 Å². The minimum atomic E-state index is -1.10. The highest BCUT2D eigenvalue weighted by Crippen LogP contribution is 2.40. The molecule has 9 nitrogen and oxygen atoms in total. The molecule has 2 amide bonds. The molecule has 0 fully saturated rings. The van der Waals surface area contributed by atoms with Crippen LogP contribution < -0.4 is 11.2 Å². The predicted octanol–water partition coefficient (Wildman–Crippen LogP) is 5.52. The summed E-state index contributed by atoms with van der Waals surface area (Å²) >= 11 is 14.1. The van der Waals surface area contributed by atoms with E-state index in [0.717, 1.165) is 11.3 Å². The Labute approximate surface area is 228 Å². The molecule has 0 aliphatic carbocycles. The molecule has 0 spiro atoms. The lowest BCUT2D eigenvalue weighted by atomic mass is 10.1. The number of nitrogens with one attached hydrogen (secondary N) is 1. The SMILES string of the molecule is CC(=NNC(=O)c1ccc(C(=O)O)s1)c1csc(-c2ccc(Cl)c(Cl)c2)c1O.NC(=O)c1ccncc1. The molecular weight excluding hydrogens is 559 g/mol. The fourth-order valence-electron chi connectivity index (χ4n) is 2.79. The van der Waals surface area contributed by atoms with Crippen LogP contribution in [0.5, 0.6) is 5.75 Å². The Balaban J connectivity index is 0.000000356. The number of nitrogens with zero attached hydrogens (tertiary/aromatic N) is 2. The molecule has 3 heterocycles. The van der Waals surface area contributed by atoms with Crippen molar-refractivity contribution in [2.24, 2.45) is 10.8 Å². The van der Waals surface area contributed by atoms with Crippen LogP contribution in [0.25, 0.3) is 10.4 Å². The molecule has 0 saturated carbocycles. The average molecular weight is 577 g/mol. The van der Waals surface area contributed by atoms with Crippen LogP contribution in [0.4, 0.5) is 0 Å². The van der Waals surface area contributed by atoms with Gasteiger partial charge in [-0.2, -0.15) is 5.10 Å². The number of thiophene rings is 2. The van der Waals surface area contributed by atoms with E-state index in [1.807, 2.05) is 0 Å². The first kappa shape index (κ1) is 27.8. The fraction of sp³-hybridized carbons (Fsp3) is 0.0417. The van der Waals surface area contributed by atoms with Gasteiger partial charge < -0.3 is 15.9 Å². The highest BCUT2D eigenvalue weighted by Gasteiger charge is 2.17. The Bertz CT molecular complexity index is 1490. The van der Waals surface area contributed by atoms with Gasteiger partial charge in [0.2, 0.25) is 5.91 Å². The zero-order chi connectivity index (χ0) is 27.1. The lowest BCUT2D eigenvalue weighted by molar-refractivity contribution is 0.0701. The lowest BCUT2D eigenvalue weighted by Gasteiger charge is -2.04. The number of halogens is 2. The third-order valence-electron chi connectivity index (χ3n) is 4.67. The van der Waals surface area contributed by atoms with Gasteiger partial charge in [0.25, 0.3) is 5.91 Å². The quantitative estimate of drug-likeness (QED) is 0.175. The molecule has 0 saturated heterocycles. The summed E-state index contributed by atoms with van der Waals surface area (Å²) in [6, 6.07) is 11.0. The van der Waals surface area contributed by atoms with Crippen molar-refractivity contribution in [3.63, 3.8) is 0 Å². The summed E-state index contributed by atoms with van der Waals surface area (Å²) in [6.07, 6.45) is 3.06. The number of hydrazone groups is 1. The van der Waals surface area contributed by atoms with Gasteiger partial charge in [-0.25, -0.2) is 10.2 Å². The molecule has 4 rings (SSSR count). The number of hydrogen-bond acceptors (Lipinski definition) is 8. The molecule has 4 aromatic rings. The van der Waals surface area contributed by atoms with Crippen molar-refractivity contribution in [2.75, 3.05) is 0 Å². The number of hydrogen-bond donors (Lipinski definition) is 4. The number of aromatic hydroxyl groups is 1. The Morgan fingerprint density at radius 2 is 1.70 bits per heavy atom. The van der Waals surface area contributed by atoms with Crippen molar-refractivity contribution in [1.82, 2.24) is 10.4 Å². The molecule has 0 bridgehead atoms. The summed E-state index contributed by atoms with van der Waals surface area (Å²) in [6.45, 7) is 1.64. The number of amides is 2. The Hall–Kier alpha value is -3.77. The van der Waals surface area contributed by atoms with Gasteiger partial charge in [-0.05, 0) is 48.9 Å². The summed E-state index contributed by atoms with van der Waals surface area (Å²) in [5.41, 5.74) is 9.36. The number of rotatable bonds is 6. The van der Waals surface area contributed by atoms with E-state index in [1.54, 1.807) is 42.6 Å². The number of carbonyl (C=O) groups excluding carboxylic acids is 2. The summed E-state index contributed by atoms with van der Waals surface area (Å²) < 4.78 is 0. The van der Waals surface area contributed by atoms with Crippen LogP contribution in [0, 0.1) is 0 Å². The van der Waals surface area contributed by atoms with Crippen molar-refractivity contribution in [3.8, 4) is 16.2 Å². The molecular formula is C24H18Cl2N4O5S2. The third kappa shape index (κ3) is 7.14. The van der Waals surface area contributed by atoms with Gasteiger partial charge in [-0.15, -0.1) is 22.7 Å². The van der Waals surface area contributed by atoms with Gasteiger partial charge >= 0.3 is 5.97 Å². The van der Waals surface area contributed by atoms with E-state index in [1.165, 1.54) is 35.9 Å². The molecule has 5 N–H and O–H groups in total. The van der Waals surface area contributed by atoms with Crippen molar-refractivity contribution in [1.29, 1.82) is 0 Å². The van der Waals surface area contributed by atoms with Crippen LogP contribution in [0.3, 0.4) is 0 Å². The van der Waals surface area contributed by atoms with Crippen molar-refractivity contribution in [2.45, 2.75) is 6.92 Å². The van der Waals surface area contributed by atoms with E-state index >= 15 is 0 Å². The van der Waals surface area contributed by atoms with Crippen molar-refractivity contribution < 1.29 is 24.6 Å². The van der Waals surface area contributed by atoms with Crippen molar-refractivity contribution in [3.05, 3.63) is 91.2 Å². The van der Waals surface area contributed by atoms with E-state index in [0.29, 0.717) is 37.3 Å². The second-order valence-electron chi connectivity index (χ2n) is 7.16. The minimum absolute atomic E-state index is 0.0168. The minimum Gasteiger partial charge on any atom is -0.506 e. The first-order valence-corrected chi connectivity index (χ1v) is 12.7. The number of primary amides is 1. The van der Waals surface area contributed by atoms with Gasteiger partial charge in [-0.3, -0.25) is 14.6 Å². The zero-order valence-electron chi connectivity index (χ0n) is 18.9. The molecule has 1 aromatic carbocycles. The van der Waals surface area contributed by atoms with E-state index < -0.39 is 17.8 Å². The maximum absolute atomic E-state index is 12.1. The monoisotopic (exact) mass is 576 g/mol. The second kappa shape index (κ2) is 12.5. The number of carboxylic acids is 1. The maximum Gasteiger partial charge on any atom is 0.345 e. The largest absolute Gasteiger partial charge is 0.506 e. The third-order valence-corrected chi connectivity index (χ3v) is 7.50. The van der Waals surface area contributed by atoms with Gasteiger partial charge in [0.05, 0.1) is 31.1 Å². The normalized spacial score (nSPS) is 10.8. The van der Waals surface area contributed by atoms with Gasteiger partial charge in [0.15, 0.2) is 0 Å². The Kier molecular flexibility index (Phi) is 9.36. The molecule has 0 atom stereocenters. The Morgan fingerprint density at radius 3 is 2.27 bits per heavy atom. The molecule has 13 heteroatoms. The maximum atomic E-state index is 12.1. The summed E-state index contributed by atoms with van der Waals surface area (Å²) in [5, 5.41) is 26.0. The first-order chi connectivity index (χ1) is 17.6. The molecule has 190 valence electrons.